The summed E-state index contributed by atoms with van der Waals surface area (Å²) in [4.78, 5) is 21.8. The van der Waals surface area contributed by atoms with Crippen LogP contribution in [0, 0.1) is 0 Å². The van der Waals surface area contributed by atoms with Gasteiger partial charge in [-0.05, 0) is 17.7 Å². The summed E-state index contributed by atoms with van der Waals surface area (Å²) < 4.78 is 5.07. The van der Waals surface area contributed by atoms with Crippen LogP contribution in [0.15, 0.2) is 36.4 Å². The summed E-state index contributed by atoms with van der Waals surface area (Å²) in [5.41, 5.74) is 1.45. The molecule has 1 fully saturated rings. The van der Waals surface area contributed by atoms with Crippen LogP contribution in [0.1, 0.15) is 28.4 Å². The minimum atomic E-state index is -0.973. The van der Waals surface area contributed by atoms with E-state index in [0.717, 1.165) is 5.56 Å². The molecule has 1 aromatic rings. The van der Waals surface area contributed by atoms with E-state index in [1.165, 1.54) is 12.1 Å². The number of carboxylic acids is 1. The van der Waals surface area contributed by atoms with Gasteiger partial charge in [0, 0.05) is 12.0 Å². The number of carbonyl (C=O) groups is 2. The molecule has 0 aliphatic carbocycles. The SMILES string of the molecule is C=C1CC(c2ccc(C(=O)O)cc2)OC1=O. The van der Waals surface area contributed by atoms with Crippen LogP contribution in [0.5, 0.6) is 0 Å². The van der Waals surface area contributed by atoms with Gasteiger partial charge < -0.3 is 9.84 Å². The van der Waals surface area contributed by atoms with Crippen LogP contribution in [-0.4, -0.2) is 17.0 Å². The first-order valence-electron chi connectivity index (χ1n) is 4.80. The molecule has 1 unspecified atom stereocenters. The van der Waals surface area contributed by atoms with Crippen molar-refractivity contribution in [1.82, 2.24) is 0 Å². The van der Waals surface area contributed by atoms with E-state index in [0.29, 0.717) is 12.0 Å². The Hall–Kier alpha value is -2.10. The maximum Gasteiger partial charge on any atom is 0.335 e. The van der Waals surface area contributed by atoms with Crippen LogP contribution in [0.3, 0.4) is 0 Å². The van der Waals surface area contributed by atoms with Crippen molar-refractivity contribution in [1.29, 1.82) is 0 Å². The molecule has 82 valence electrons. The van der Waals surface area contributed by atoms with Crippen molar-refractivity contribution in [2.75, 3.05) is 0 Å². The molecule has 4 heteroatoms. The van der Waals surface area contributed by atoms with Gasteiger partial charge in [0.1, 0.15) is 6.10 Å². The Labute approximate surface area is 92.2 Å². The summed E-state index contributed by atoms with van der Waals surface area (Å²) in [6, 6.07) is 6.29. The number of esters is 1. The van der Waals surface area contributed by atoms with E-state index in [1.54, 1.807) is 12.1 Å². The second kappa shape index (κ2) is 3.81. The van der Waals surface area contributed by atoms with E-state index >= 15 is 0 Å². The lowest BCUT2D eigenvalue weighted by molar-refractivity contribution is -0.139. The average Bonchev–Trinajstić information content (AvgIpc) is 2.59. The van der Waals surface area contributed by atoms with Gasteiger partial charge in [-0.25, -0.2) is 9.59 Å². The van der Waals surface area contributed by atoms with Crippen molar-refractivity contribution in [3.8, 4) is 0 Å². The first kappa shape index (κ1) is 10.4. The standard InChI is InChI=1S/C12H10O4/c1-7-6-10(16-12(7)15)8-2-4-9(5-3-8)11(13)14/h2-5,10H,1,6H2,(H,13,14). The van der Waals surface area contributed by atoms with Gasteiger partial charge in [0.15, 0.2) is 0 Å². The minimum absolute atomic E-state index is 0.215. The van der Waals surface area contributed by atoms with E-state index in [1.807, 2.05) is 0 Å². The molecule has 1 heterocycles. The van der Waals surface area contributed by atoms with Gasteiger partial charge in [-0.15, -0.1) is 0 Å². The Kier molecular flexibility index (Phi) is 2.48. The third kappa shape index (κ3) is 1.82. The summed E-state index contributed by atoms with van der Waals surface area (Å²) in [7, 11) is 0. The number of carbonyl (C=O) groups excluding carboxylic acids is 1. The largest absolute Gasteiger partial charge is 0.478 e. The summed E-state index contributed by atoms with van der Waals surface area (Å²) >= 11 is 0. The zero-order valence-electron chi connectivity index (χ0n) is 8.47. The van der Waals surface area contributed by atoms with E-state index in [4.69, 9.17) is 9.84 Å². The lowest BCUT2D eigenvalue weighted by atomic mass is 10.0. The van der Waals surface area contributed by atoms with Gasteiger partial charge in [-0.3, -0.25) is 0 Å². The number of ether oxygens (including phenoxy) is 1. The monoisotopic (exact) mass is 218 g/mol. The second-order valence-electron chi connectivity index (χ2n) is 3.63. The predicted molar refractivity (Wildman–Crippen MR) is 56.0 cm³/mol. The Morgan fingerprint density at radius 1 is 1.38 bits per heavy atom. The van der Waals surface area contributed by atoms with Gasteiger partial charge in [-0.2, -0.15) is 0 Å². The van der Waals surface area contributed by atoms with Gasteiger partial charge in [0.2, 0.25) is 0 Å². The molecule has 1 aliphatic rings. The molecule has 0 spiro atoms. The van der Waals surface area contributed by atoms with Crippen LogP contribution in [0.4, 0.5) is 0 Å². The minimum Gasteiger partial charge on any atom is -0.478 e. The van der Waals surface area contributed by atoms with Crippen molar-refractivity contribution in [2.45, 2.75) is 12.5 Å². The molecule has 1 aliphatic heterocycles. The van der Waals surface area contributed by atoms with Crippen LogP contribution in [0.25, 0.3) is 0 Å². The van der Waals surface area contributed by atoms with Crippen LogP contribution < -0.4 is 0 Å². The molecule has 1 atom stereocenters. The van der Waals surface area contributed by atoms with E-state index in [2.05, 4.69) is 6.58 Å². The number of aromatic carboxylic acids is 1. The summed E-state index contributed by atoms with van der Waals surface area (Å²) in [6.07, 6.45) is 0.133. The van der Waals surface area contributed by atoms with Gasteiger partial charge in [-0.1, -0.05) is 18.7 Å². The van der Waals surface area contributed by atoms with Gasteiger partial charge >= 0.3 is 11.9 Å². The lowest BCUT2D eigenvalue weighted by Crippen LogP contribution is -2.00. The lowest BCUT2D eigenvalue weighted by Gasteiger charge is -2.08. The molecule has 2 rings (SSSR count). The smallest absolute Gasteiger partial charge is 0.335 e. The van der Waals surface area contributed by atoms with Crippen LogP contribution in [-0.2, 0) is 9.53 Å². The Bertz CT molecular complexity index is 442. The van der Waals surface area contributed by atoms with Crippen LogP contribution >= 0.6 is 0 Å². The normalized spacial score (nSPS) is 19.6. The number of hydrogen-bond donors (Lipinski definition) is 1. The fourth-order valence-corrected chi connectivity index (χ4v) is 1.59. The third-order valence-corrected chi connectivity index (χ3v) is 2.50. The predicted octanol–water partition coefficient (Wildman–Crippen LogP) is 1.93. The van der Waals surface area contributed by atoms with Crippen molar-refractivity contribution < 1.29 is 19.4 Å². The maximum atomic E-state index is 11.1. The highest BCUT2D eigenvalue weighted by atomic mass is 16.5. The first-order chi connectivity index (χ1) is 7.58. The van der Waals surface area contributed by atoms with E-state index in [-0.39, 0.29) is 17.6 Å². The highest BCUT2D eigenvalue weighted by molar-refractivity contribution is 5.90. The zero-order valence-corrected chi connectivity index (χ0v) is 8.47. The van der Waals surface area contributed by atoms with E-state index in [9.17, 15) is 9.59 Å². The second-order valence-corrected chi connectivity index (χ2v) is 3.63. The quantitative estimate of drug-likeness (QED) is 0.608. The summed E-state index contributed by atoms with van der Waals surface area (Å²) in [5, 5.41) is 8.73. The number of rotatable bonds is 2. The molecule has 4 nitrogen and oxygen atoms in total. The molecular formula is C12H10O4. The molecule has 0 bridgehead atoms. The van der Waals surface area contributed by atoms with Crippen molar-refractivity contribution in [2.24, 2.45) is 0 Å². The van der Waals surface area contributed by atoms with Crippen molar-refractivity contribution >= 4 is 11.9 Å². The molecular weight excluding hydrogens is 208 g/mol. The Morgan fingerprint density at radius 3 is 2.44 bits per heavy atom. The molecule has 0 amide bonds. The summed E-state index contributed by atoms with van der Waals surface area (Å²) in [5.74, 6) is -1.35. The average molecular weight is 218 g/mol. The Balaban J connectivity index is 2.20. The molecule has 0 saturated carbocycles. The molecule has 1 N–H and O–H groups in total. The highest BCUT2D eigenvalue weighted by Crippen LogP contribution is 2.31. The number of carboxylic acid groups (broad SMARTS) is 1. The topological polar surface area (TPSA) is 63.6 Å². The highest BCUT2D eigenvalue weighted by Gasteiger charge is 2.28. The molecule has 1 aromatic carbocycles. The Morgan fingerprint density at radius 2 is 2.00 bits per heavy atom. The number of cyclic esters (lactones) is 1. The molecule has 16 heavy (non-hydrogen) atoms. The molecule has 1 saturated heterocycles. The number of benzene rings is 1. The fourth-order valence-electron chi connectivity index (χ4n) is 1.59. The van der Waals surface area contributed by atoms with Gasteiger partial charge in [0.25, 0.3) is 0 Å². The maximum absolute atomic E-state index is 11.1. The first-order valence-corrected chi connectivity index (χ1v) is 4.80. The van der Waals surface area contributed by atoms with E-state index < -0.39 is 5.97 Å². The van der Waals surface area contributed by atoms with Crippen molar-refractivity contribution in [3.05, 3.63) is 47.5 Å². The zero-order chi connectivity index (χ0) is 11.7. The summed E-state index contributed by atoms with van der Waals surface area (Å²) in [6.45, 7) is 3.59. The van der Waals surface area contributed by atoms with Gasteiger partial charge in [0.05, 0.1) is 5.56 Å². The van der Waals surface area contributed by atoms with Crippen LogP contribution in [0.2, 0.25) is 0 Å². The number of hydrogen-bond acceptors (Lipinski definition) is 3. The fraction of sp³-hybridized carbons (Fsp3) is 0.167. The molecule has 0 radical (unpaired) electrons. The third-order valence-electron chi connectivity index (χ3n) is 2.50. The van der Waals surface area contributed by atoms with Crippen molar-refractivity contribution in [3.63, 3.8) is 0 Å². The molecule has 0 aromatic heterocycles.